The van der Waals surface area contributed by atoms with Crippen molar-refractivity contribution >= 4 is 46.4 Å². The summed E-state index contributed by atoms with van der Waals surface area (Å²) in [5.41, 5.74) is 0.373. The number of carbonyl (C=O) groups is 1. The van der Waals surface area contributed by atoms with Crippen LogP contribution in [0.3, 0.4) is 0 Å². The minimum atomic E-state index is -1.02. The maximum absolute atomic E-state index is 12.4. The molecular weight excluding hydrogens is 335 g/mol. The quantitative estimate of drug-likeness (QED) is 0.867. The molecular formula is C13H11Cl3N4O. The molecule has 21 heavy (non-hydrogen) atoms. The van der Waals surface area contributed by atoms with Crippen molar-refractivity contribution in [3.05, 3.63) is 35.9 Å². The lowest BCUT2D eigenvalue weighted by atomic mass is 10.1. The summed E-state index contributed by atoms with van der Waals surface area (Å²) >= 11 is 18.1. The van der Waals surface area contributed by atoms with Crippen molar-refractivity contribution in [3.8, 4) is 5.69 Å². The number of halogens is 3. The van der Waals surface area contributed by atoms with Crippen molar-refractivity contribution in [2.24, 2.45) is 5.41 Å². The first-order valence-corrected chi connectivity index (χ1v) is 7.31. The molecule has 1 fully saturated rings. The maximum Gasteiger partial charge on any atom is 0.233 e. The van der Waals surface area contributed by atoms with E-state index in [2.05, 4.69) is 15.4 Å². The van der Waals surface area contributed by atoms with Crippen LogP contribution in [-0.2, 0) is 4.79 Å². The lowest BCUT2D eigenvalue weighted by molar-refractivity contribution is -0.120. The minimum absolute atomic E-state index is 0.254. The van der Waals surface area contributed by atoms with Crippen molar-refractivity contribution in [1.82, 2.24) is 14.8 Å². The van der Waals surface area contributed by atoms with Crippen LogP contribution in [0.1, 0.15) is 13.3 Å². The summed E-state index contributed by atoms with van der Waals surface area (Å²) in [6, 6.07) is 5.10. The van der Waals surface area contributed by atoms with Crippen molar-refractivity contribution in [1.29, 1.82) is 0 Å². The molecule has 0 aliphatic heterocycles. The fourth-order valence-electron chi connectivity index (χ4n) is 2.05. The zero-order valence-electron chi connectivity index (χ0n) is 11.0. The first-order valence-electron chi connectivity index (χ1n) is 6.17. The molecule has 1 saturated carbocycles. The Kier molecular flexibility index (Phi) is 3.39. The summed E-state index contributed by atoms with van der Waals surface area (Å²) in [5, 5.41) is 7.36. The zero-order valence-corrected chi connectivity index (χ0v) is 13.2. The number of hydrogen-bond donors (Lipinski definition) is 1. The van der Waals surface area contributed by atoms with Crippen LogP contribution in [-0.4, -0.2) is 25.0 Å². The van der Waals surface area contributed by atoms with Gasteiger partial charge in [0.2, 0.25) is 5.91 Å². The lowest BCUT2D eigenvalue weighted by Gasteiger charge is -2.15. The molecule has 1 aliphatic carbocycles. The maximum atomic E-state index is 12.4. The normalized spacial score (nSPS) is 22.9. The number of benzene rings is 1. The van der Waals surface area contributed by atoms with Crippen LogP contribution < -0.4 is 5.32 Å². The van der Waals surface area contributed by atoms with Gasteiger partial charge in [-0.25, -0.2) is 9.67 Å². The van der Waals surface area contributed by atoms with Crippen molar-refractivity contribution < 1.29 is 4.79 Å². The molecule has 1 aliphatic rings. The van der Waals surface area contributed by atoms with E-state index in [1.165, 1.54) is 17.3 Å². The Morgan fingerprint density at radius 3 is 2.71 bits per heavy atom. The largest absolute Gasteiger partial charge is 0.324 e. The molecule has 0 radical (unpaired) electrons. The molecule has 1 heterocycles. The van der Waals surface area contributed by atoms with Crippen LogP contribution in [0, 0.1) is 5.41 Å². The molecule has 0 saturated heterocycles. The van der Waals surface area contributed by atoms with E-state index >= 15 is 0 Å². The molecule has 2 aromatic rings. The van der Waals surface area contributed by atoms with E-state index in [-0.39, 0.29) is 5.91 Å². The number of nitrogens with one attached hydrogen (secondary N) is 1. The highest BCUT2D eigenvalue weighted by Gasteiger charge is 2.67. The summed E-state index contributed by atoms with van der Waals surface area (Å²) in [6.07, 6.45) is 3.35. The van der Waals surface area contributed by atoms with E-state index in [9.17, 15) is 4.79 Å². The topological polar surface area (TPSA) is 59.8 Å². The average molecular weight is 346 g/mol. The molecule has 5 nitrogen and oxygen atoms in total. The summed E-state index contributed by atoms with van der Waals surface area (Å²) in [7, 11) is 0. The highest BCUT2D eigenvalue weighted by atomic mass is 35.5. The zero-order chi connectivity index (χ0) is 15.3. The van der Waals surface area contributed by atoms with E-state index < -0.39 is 9.75 Å². The monoisotopic (exact) mass is 344 g/mol. The first-order chi connectivity index (χ1) is 9.83. The minimum Gasteiger partial charge on any atom is -0.324 e. The van der Waals surface area contributed by atoms with Gasteiger partial charge in [-0.1, -0.05) is 11.6 Å². The number of amides is 1. The molecule has 3 rings (SSSR count). The van der Waals surface area contributed by atoms with E-state index in [0.717, 1.165) is 0 Å². The molecule has 1 amide bonds. The predicted molar refractivity (Wildman–Crippen MR) is 82.2 cm³/mol. The van der Waals surface area contributed by atoms with E-state index in [4.69, 9.17) is 34.8 Å². The van der Waals surface area contributed by atoms with Crippen LogP contribution in [0.4, 0.5) is 5.69 Å². The molecule has 0 bridgehead atoms. The second kappa shape index (κ2) is 4.87. The second-order valence-corrected chi connectivity index (χ2v) is 7.09. The number of anilines is 1. The van der Waals surface area contributed by atoms with Crippen molar-refractivity contribution in [2.75, 3.05) is 5.32 Å². The third-order valence-corrected chi connectivity index (χ3v) is 4.97. The van der Waals surface area contributed by atoms with Gasteiger partial charge in [0.25, 0.3) is 0 Å². The summed E-state index contributed by atoms with van der Waals surface area (Å²) in [6.45, 7) is 1.72. The number of alkyl halides is 2. The number of rotatable bonds is 3. The van der Waals surface area contributed by atoms with E-state index in [1.54, 1.807) is 25.1 Å². The fraction of sp³-hybridized carbons (Fsp3) is 0.308. The standard InChI is InChI=1S/C13H11Cl3N4O/c1-12(5-13(12,15)16)11(21)19-9-4-8(14)2-3-10(9)20-7-17-6-18-20/h2-4,6-7H,5H2,1H3,(H,19,21). The van der Waals surface area contributed by atoms with Crippen LogP contribution in [0.2, 0.25) is 5.02 Å². The van der Waals surface area contributed by atoms with E-state index in [1.807, 2.05) is 0 Å². The van der Waals surface area contributed by atoms with Gasteiger partial charge in [0.05, 0.1) is 16.8 Å². The summed E-state index contributed by atoms with van der Waals surface area (Å²) < 4.78 is 0.513. The second-order valence-electron chi connectivity index (χ2n) is 5.17. The van der Waals surface area contributed by atoms with Crippen molar-refractivity contribution in [2.45, 2.75) is 17.7 Å². The molecule has 0 spiro atoms. The first kappa shape index (κ1) is 14.6. The number of aromatic nitrogens is 3. The summed E-state index contributed by atoms with van der Waals surface area (Å²) in [4.78, 5) is 16.3. The molecule has 1 atom stereocenters. The number of carbonyl (C=O) groups excluding carboxylic acids is 1. The SMILES string of the molecule is CC1(C(=O)Nc2cc(Cl)ccc2-n2cncn2)CC1(Cl)Cl. The van der Waals surface area contributed by atoms with Gasteiger partial charge >= 0.3 is 0 Å². The summed E-state index contributed by atoms with van der Waals surface area (Å²) in [5.74, 6) is -0.254. The van der Waals surface area contributed by atoms with Gasteiger partial charge in [-0.2, -0.15) is 5.10 Å². The Hall–Kier alpha value is -1.30. The van der Waals surface area contributed by atoms with Gasteiger partial charge in [0.15, 0.2) is 0 Å². The highest BCUT2D eigenvalue weighted by molar-refractivity contribution is 6.53. The Balaban J connectivity index is 1.92. The Morgan fingerprint density at radius 1 is 1.43 bits per heavy atom. The van der Waals surface area contributed by atoms with Gasteiger partial charge in [-0.15, -0.1) is 23.2 Å². The average Bonchev–Trinajstić information content (AvgIpc) is 2.82. The molecule has 1 aromatic heterocycles. The third kappa shape index (κ3) is 2.50. The highest BCUT2D eigenvalue weighted by Crippen LogP contribution is 2.64. The Bertz CT molecular complexity index is 701. The van der Waals surface area contributed by atoms with Gasteiger partial charge < -0.3 is 5.32 Å². The Morgan fingerprint density at radius 2 is 2.14 bits per heavy atom. The lowest BCUT2D eigenvalue weighted by Crippen LogP contribution is -2.26. The third-order valence-electron chi connectivity index (χ3n) is 3.63. The van der Waals surface area contributed by atoms with Crippen LogP contribution >= 0.6 is 34.8 Å². The van der Waals surface area contributed by atoms with Crippen LogP contribution in [0.25, 0.3) is 5.69 Å². The molecule has 1 aromatic carbocycles. The molecule has 110 valence electrons. The van der Waals surface area contributed by atoms with Crippen molar-refractivity contribution in [3.63, 3.8) is 0 Å². The van der Waals surface area contributed by atoms with E-state index in [0.29, 0.717) is 22.8 Å². The number of nitrogens with zero attached hydrogens (tertiary/aromatic N) is 3. The van der Waals surface area contributed by atoms with Crippen LogP contribution in [0.5, 0.6) is 0 Å². The van der Waals surface area contributed by atoms with Gasteiger partial charge in [0.1, 0.15) is 17.0 Å². The smallest absolute Gasteiger partial charge is 0.233 e. The number of hydrogen-bond acceptors (Lipinski definition) is 3. The Labute approximate surface area is 136 Å². The van der Waals surface area contributed by atoms with Gasteiger partial charge in [-0.05, 0) is 31.5 Å². The fourth-order valence-corrected chi connectivity index (χ4v) is 2.93. The molecule has 1 N–H and O–H groups in total. The van der Waals surface area contributed by atoms with Gasteiger partial charge in [-0.3, -0.25) is 4.79 Å². The molecule has 8 heteroatoms. The van der Waals surface area contributed by atoms with Gasteiger partial charge in [0, 0.05) is 5.02 Å². The predicted octanol–water partition coefficient (Wildman–Crippen LogP) is 3.44. The van der Waals surface area contributed by atoms with Crippen LogP contribution in [0.15, 0.2) is 30.9 Å². The molecule has 1 unspecified atom stereocenters.